The van der Waals surface area contributed by atoms with E-state index in [1.54, 1.807) is 0 Å². The number of hydrogen-bond acceptors (Lipinski definition) is 4. The molecule has 7 heteroatoms. The summed E-state index contributed by atoms with van der Waals surface area (Å²) in [6.45, 7) is 22.7. The van der Waals surface area contributed by atoms with Crippen molar-refractivity contribution < 1.29 is 34.4 Å². The van der Waals surface area contributed by atoms with Crippen LogP contribution in [0.5, 0.6) is 0 Å². The van der Waals surface area contributed by atoms with E-state index in [4.69, 9.17) is 16.0 Å². The van der Waals surface area contributed by atoms with E-state index >= 15 is 0 Å². The number of aryl methyl sites for hydroxylation is 1. The largest absolute Gasteiger partial charge is 0.512 e. The molecular formula is C44H45IrN2O3Si-. The zero-order valence-electron chi connectivity index (χ0n) is 30.5. The number of para-hydroxylation sites is 1. The number of allylic oxidation sites excluding steroid dienone is 2. The SMILES string of the molecule is CCC(CC)C(=O)/C=C(\O)C(CC)CC.[C-]#[N+]c1cccc2c1-c1ccc3c(-c4[c-]c(C)cc5c4oc4ccccc45)nccc3c1[Si]2(C)C.[Ir]. The van der Waals surface area contributed by atoms with Gasteiger partial charge in [-0.05, 0) is 70.6 Å². The van der Waals surface area contributed by atoms with Gasteiger partial charge in [-0.1, -0.05) is 112 Å². The molecule has 0 spiro atoms. The first kappa shape index (κ1) is 37.9. The number of nitrogens with zero attached hydrogens (tertiary/aromatic N) is 2. The Hall–Kier alpha value is -4.34. The first-order chi connectivity index (χ1) is 24.1. The first-order valence-electron chi connectivity index (χ1n) is 17.8. The van der Waals surface area contributed by atoms with Crippen molar-refractivity contribution >= 4 is 62.6 Å². The van der Waals surface area contributed by atoms with Gasteiger partial charge in [-0.15, -0.1) is 17.7 Å². The number of carbonyl (C=O) groups is 1. The molecule has 0 saturated heterocycles. The van der Waals surface area contributed by atoms with E-state index in [2.05, 4.69) is 67.3 Å². The van der Waals surface area contributed by atoms with Gasteiger partial charge in [0.15, 0.2) is 11.5 Å². The van der Waals surface area contributed by atoms with Crippen molar-refractivity contribution in [2.45, 2.75) is 73.4 Å². The Morgan fingerprint density at radius 1 is 0.922 bits per heavy atom. The van der Waals surface area contributed by atoms with E-state index in [9.17, 15) is 9.90 Å². The molecule has 0 aliphatic carbocycles. The monoisotopic (exact) mass is 870 g/mol. The third-order valence-electron chi connectivity index (χ3n) is 10.5. The van der Waals surface area contributed by atoms with Crippen molar-refractivity contribution in [1.82, 2.24) is 4.98 Å². The van der Waals surface area contributed by atoms with Gasteiger partial charge in [-0.25, -0.2) is 4.85 Å². The molecule has 0 unspecified atom stereocenters. The Labute approximate surface area is 316 Å². The van der Waals surface area contributed by atoms with Gasteiger partial charge >= 0.3 is 0 Å². The van der Waals surface area contributed by atoms with Crippen molar-refractivity contribution in [2.75, 3.05) is 0 Å². The molecule has 5 nitrogen and oxygen atoms in total. The minimum Gasteiger partial charge on any atom is -0.512 e. The summed E-state index contributed by atoms with van der Waals surface area (Å²) in [5, 5.41) is 17.0. The molecule has 1 aliphatic rings. The summed E-state index contributed by atoms with van der Waals surface area (Å²) in [6, 6.07) is 26.6. The van der Waals surface area contributed by atoms with Crippen LogP contribution in [0.4, 0.5) is 5.69 Å². The van der Waals surface area contributed by atoms with Crippen LogP contribution < -0.4 is 10.4 Å². The molecule has 6 aromatic rings. The molecule has 0 bridgehead atoms. The number of aliphatic hydroxyl groups excluding tert-OH is 1. The second-order valence-electron chi connectivity index (χ2n) is 13.8. The van der Waals surface area contributed by atoms with E-state index in [-0.39, 0.29) is 43.5 Å². The standard InChI is InChI=1S/C31H21N2OSi.C13H24O2.Ir/c1-18-16-23-19-8-5-6-10-26(19)34-30(23)24(17-18)29-20-12-13-22-28-25(32-2)9-7-11-27(28)35(3,4)31(22)21(20)14-15-33-29;1-5-10(6-2)12(14)9-13(15)11(7-3)8-4;/h5-16H,1,3-4H3;9-11,14H,5-8H2,1-4H3;/q-1;;/b;12-9-;. The van der Waals surface area contributed by atoms with E-state index in [1.165, 1.54) is 27.4 Å². The number of carbonyl (C=O) groups excluding carboxylic acids is 1. The molecule has 1 aliphatic heterocycles. The number of aliphatic hydroxyl groups is 1. The molecular weight excluding hydrogens is 825 g/mol. The Kier molecular flexibility index (Phi) is 11.5. The number of aromatic nitrogens is 1. The summed E-state index contributed by atoms with van der Waals surface area (Å²) < 4.78 is 6.36. The summed E-state index contributed by atoms with van der Waals surface area (Å²) in [7, 11) is -2.01. The van der Waals surface area contributed by atoms with Crippen LogP contribution in [0.1, 0.15) is 58.9 Å². The van der Waals surface area contributed by atoms with E-state index in [0.29, 0.717) is 0 Å². The molecule has 0 atom stereocenters. The first-order valence-corrected chi connectivity index (χ1v) is 20.8. The number of pyridine rings is 1. The van der Waals surface area contributed by atoms with Crippen molar-refractivity contribution in [3.05, 3.63) is 108 Å². The van der Waals surface area contributed by atoms with Gasteiger partial charge in [0.05, 0.1) is 17.9 Å². The molecule has 2 aromatic heterocycles. The Morgan fingerprint density at radius 3 is 2.31 bits per heavy atom. The summed E-state index contributed by atoms with van der Waals surface area (Å²) in [5.41, 5.74) is 7.62. The van der Waals surface area contributed by atoms with Crippen LogP contribution in [0.15, 0.2) is 89.2 Å². The van der Waals surface area contributed by atoms with Gasteiger partial charge in [-0.2, -0.15) is 0 Å². The number of rotatable bonds is 8. The number of ketones is 1. The fourth-order valence-electron chi connectivity index (χ4n) is 7.75. The predicted octanol–water partition coefficient (Wildman–Crippen LogP) is 11.1. The zero-order chi connectivity index (χ0) is 35.7. The summed E-state index contributed by atoms with van der Waals surface area (Å²) >= 11 is 0. The fourth-order valence-corrected chi connectivity index (χ4v) is 11.2. The molecule has 0 fully saturated rings. The van der Waals surface area contributed by atoms with Gasteiger partial charge in [-0.3, -0.25) is 4.79 Å². The van der Waals surface area contributed by atoms with Gasteiger partial charge in [0.1, 0.15) is 13.7 Å². The van der Waals surface area contributed by atoms with Crippen molar-refractivity contribution in [1.29, 1.82) is 0 Å². The van der Waals surface area contributed by atoms with Crippen LogP contribution in [0.3, 0.4) is 0 Å². The van der Waals surface area contributed by atoms with E-state index in [1.807, 2.05) is 64.2 Å². The third kappa shape index (κ3) is 6.74. The second-order valence-corrected chi connectivity index (χ2v) is 18.1. The second kappa shape index (κ2) is 15.5. The van der Waals surface area contributed by atoms with Crippen LogP contribution in [0, 0.1) is 31.4 Å². The van der Waals surface area contributed by atoms with Gasteiger partial charge < -0.3 is 14.5 Å². The average molecular weight is 870 g/mol. The maximum atomic E-state index is 11.7. The third-order valence-corrected chi connectivity index (χ3v) is 14.1. The molecule has 4 aromatic carbocycles. The summed E-state index contributed by atoms with van der Waals surface area (Å²) in [4.78, 5) is 20.4. The number of furan rings is 1. The Balaban J connectivity index is 0.000000271. The van der Waals surface area contributed by atoms with Crippen LogP contribution in [-0.4, -0.2) is 23.9 Å². The molecule has 3 heterocycles. The fraction of sp³-hybridized carbons (Fsp3) is 0.295. The van der Waals surface area contributed by atoms with Crippen LogP contribution >= 0.6 is 0 Å². The molecule has 1 radical (unpaired) electrons. The van der Waals surface area contributed by atoms with E-state index < -0.39 is 8.07 Å². The van der Waals surface area contributed by atoms with Gasteiger partial charge in [0.25, 0.3) is 0 Å². The minimum absolute atomic E-state index is 0. The zero-order valence-corrected chi connectivity index (χ0v) is 33.9. The maximum Gasteiger partial charge on any atom is 0.194 e. The van der Waals surface area contributed by atoms with Gasteiger partial charge in [0.2, 0.25) is 0 Å². The van der Waals surface area contributed by atoms with E-state index in [0.717, 1.165) is 81.1 Å². The van der Waals surface area contributed by atoms with Crippen molar-refractivity contribution in [3.8, 4) is 22.4 Å². The Morgan fingerprint density at radius 2 is 1.63 bits per heavy atom. The predicted molar refractivity (Wildman–Crippen MR) is 210 cm³/mol. The smallest absolute Gasteiger partial charge is 0.194 e. The summed E-state index contributed by atoms with van der Waals surface area (Å²) in [5.74, 6) is 0.547. The number of hydrogen-bond donors (Lipinski definition) is 1. The van der Waals surface area contributed by atoms with Crippen molar-refractivity contribution in [2.24, 2.45) is 11.8 Å². The molecule has 51 heavy (non-hydrogen) atoms. The minimum atomic E-state index is -2.01. The molecule has 0 saturated carbocycles. The quantitative estimate of drug-likeness (QED) is 0.0716. The van der Waals surface area contributed by atoms with Crippen LogP contribution in [0.2, 0.25) is 13.1 Å². The molecule has 0 amide bonds. The van der Waals surface area contributed by atoms with Gasteiger partial charge in [0, 0.05) is 49.6 Å². The average Bonchev–Trinajstić information content (AvgIpc) is 3.61. The molecule has 7 rings (SSSR count). The van der Waals surface area contributed by atoms with Crippen molar-refractivity contribution in [3.63, 3.8) is 0 Å². The maximum absolute atomic E-state index is 11.7. The topological polar surface area (TPSA) is 67.7 Å². The number of fused-ring (bicyclic) bond motifs is 8. The van der Waals surface area contributed by atoms with Crippen LogP contribution in [0.25, 0.3) is 59.9 Å². The molecule has 1 N–H and O–H groups in total. The number of benzene rings is 4. The Bertz CT molecular complexity index is 2320. The summed E-state index contributed by atoms with van der Waals surface area (Å²) in [6.07, 6.45) is 6.81. The molecule has 263 valence electrons. The normalized spacial score (nSPS) is 13.1. The van der Waals surface area contributed by atoms with Crippen LogP contribution in [-0.2, 0) is 24.9 Å².